The highest BCUT2D eigenvalue weighted by Crippen LogP contribution is 2.18. The molecule has 16 heavy (non-hydrogen) atoms. The Labute approximate surface area is 91.1 Å². The molecule has 0 saturated carbocycles. The number of carbonyl (C=O) groups is 1. The van der Waals surface area contributed by atoms with Crippen molar-refractivity contribution in [2.75, 3.05) is 0 Å². The summed E-state index contributed by atoms with van der Waals surface area (Å²) in [5.74, 6) is -0.794. The molecule has 0 amide bonds. The maximum absolute atomic E-state index is 11.6. The second-order valence-corrected chi connectivity index (χ2v) is 3.55. The zero-order chi connectivity index (χ0) is 11.7. The van der Waals surface area contributed by atoms with Gasteiger partial charge in [-0.1, -0.05) is 18.2 Å². The molecule has 0 aliphatic heterocycles. The minimum absolute atomic E-state index is 0.219. The van der Waals surface area contributed by atoms with Gasteiger partial charge >= 0.3 is 11.6 Å². The molecule has 0 radical (unpaired) electrons. The van der Waals surface area contributed by atoms with Crippen LogP contribution in [0.4, 0.5) is 0 Å². The molecule has 1 heterocycles. The first-order chi connectivity index (χ1) is 7.59. The molecule has 0 aliphatic carbocycles. The van der Waals surface area contributed by atoms with Crippen molar-refractivity contribution in [3.8, 4) is 0 Å². The van der Waals surface area contributed by atoms with E-state index in [0.29, 0.717) is 10.9 Å². The average Bonchev–Trinajstić information content (AvgIpc) is 2.25. The predicted molar refractivity (Wildman–Crippen MR) is 58.6 cm³/mol. The molecule has 0 bridgehead atoms. The molecule has 1 aromatic heterocycles. The Morgan fingerprint density at radius 2 is 1.94 bits per heavy atom. The van der Waals surface area contributed by atoms with E-state index in [9.17, 15) is 9.59 Å². The first-order valence-electron chi connectivity index (χ1n) is 4.82. The van der Waals surface area contributed by atoms with Crippen LogP contribution in [0.2, 0.25) is 0 Å². The number of hydrogen-bond donors (Lipinski definition) is 1. The predicted octanol–water partition coefficient (Wildman–Crippen LogP) is 1.73. The van der Waals surface area contributed by atoms with Crippen molar-refractivity contribution in [1.82, 2.24) is 0 Å². The average molecular weight is 218 g/mol. The molecule has 0 spiro atoms. The van der Waals surface area contributed by atoms with E-state index in [1.54, 1.807) is 31.2 Å². The molecule has 2 rings (SSSR count). The van der Waals surface area contributed by atoms with Gasteiger partial charge in [-0.3, -0.25) is 4.79 Å². The highest BCUT2D eigenvalue weighted by Gasteiger charge is 2.12. The molecular weight excluding hydrogens is 208 g/mol. The van der Waals surface area contributed by atoms with E-state index >= 15 is 0 Å². The number of carboxylic acids is 1. The maximum atomic E-state index is 11.6. The highest BCUT2D eigenvalue weighted by molar-refractivity contribution is 5.85. The molecule has 2 aromatic rings. The Bertz CT molecular complexity index is 610. The second-order valence-electron chi connectivity index (χ2n) is 3.55. The summed E-state index contributed by atoms with van der Waals surface area (Å²) < 4.78 is 5.00. The Morgan fingerprint density at radius 3 is 2.56 bits per heavy atom. The summed E-state index contributed by atoms with van der Waals surface area (Å²) >= 11 is 0. The number of aryl methyl sites for hydroxylation is 1. The van der Waals surface area contributed by atoms with Crippen LogP contribution in [0.15, 0.2) is 33.5 Å². The standard InChI is InChI=1S/C12H10O4/c1-7-8-4-2-3-5-9(8)12(15)16-10(7)6-11(13)14/h2-5H,6H2,1H3,(H,13,14). The molecule has 4 heteroatoms. The summed E-state index contributed by atoms with van der Waals surface area (Å²) in [7, 11) is 0. The largest absolute Gasteiger partial charge is 0.481 e. The Hall–Kier alpha value is -2.10. The van der Waals surface area contributed by atoms with Gasteiger partial charge in [0.25, 0.3) is 0 Å². The maximum Gasteiger partial charge on any atom is 0.343 e. The Morgan fingerprint density at radius 1 is 1.31 bits per heavy atom. The third kappa shape index (κ3) is 1.69. The van der Waals surface area contributed by atoms with Gasteiger partial charge in [0.15, 0.2) is 0 Å². The van der Waals surface area contributed by atoms with Gasteiger partial charge in [-0.05, 0) is 23.9 Å². The van der Waals surface area contributed by atoms with E-state index in [-0.39, 0.29) is 12.2 Å². The van der Waals surface area contributed by atoms with Crippen molar-refractivity contribution >= 4 is 16.7 Å². The van der Waals surface area contributed by atoms with E-state index in [1.165, 1.54) is 0 Å². The quantitative estimate of drug-likeness (QED) is 0.833. The van der Waals surface area contributed by atoms with Crippen molar-refractivity contribution in [1.29, 1.82) is 0 Å². The molecule has 0 atom stereocenters. The fourth-order valence-electron chi connectivity index (χ4n) is 1.69. The molecule has 0 aliphatic rings. The van der Waals surface area contributed by atoms with Gasteiger partial charge in [-0.25, -0.2) is 4.79 Å². The summed E-state index contributed by atoms with van der Waals surface area (Å²) in [4.78, 5) is 22.2. The normalized spacial score (nSPS) is 10.6. The van der Waals surface area contributed by atoms with Gasteiger partial charge in [-0.15, -0.1) is 0 Å². The van der Waals surface area contributed by atoms with Gasteiger partial charge in [0.05, 0.1) is 5.39 Å². The van der Waals surface area contributed by atoms with Crippen LogP contribution in [0.25, 0.3) is 10.8 Å². The van der Waals surface area contributed by atoms with Crippen molar-refractivity contribution < 1.29 is 14.3 Å². The van der Waals surface area contributed by atoms with Gasteiger partial charge in [-0.2, -0.15) is 0 Å². The minimum atomic E-state index is -1.01. The third-order valence-electron chi connectivity index (χ3n) is 2.50. The molecule has 82 valence electrons. The van der Waals surface area contributed by atoms with Gasteiger partial charge in [0.2, 0.25) is 0 Å². The number of hydrogen-bond acceptors (Lipinski definition) is 3. The fourth-order valence-corrected chi connectivity index (χ4v) is 1.69. The first kappa shape index (κ1) is 10.4. The zero-order valence-electron chi connectivity index (χ0n) is 8.69. The molecule has 0 unspecified atom stereocenters. The van der Waals surface area contributed by atoms with Crippen molar-refractivity contribution in [2.45, 2.75) is 13.3 Å². The number of rotatable bonds is 2. The van der Waals surface area contributed by atoms with Gasteiger partial charge < -0.3 is 9.52 Å². The number of carboxylic acid groups (broad SMARTS) is 1. The van der Waals surface area contributed by atoms with Crippen LogP contribution >= 0.6 is 0 Å². The smallest absolute Gasteiger partial charge is 0.343 e. The van der Waals surface area contributed by atoms with E-state index in [2.05, 4.69) is 0 Å². The lowest BCUT2D eigenvalue weighted by Crippen LogP contribution is -2.09. The molecule has 0 saturated heterocycles. The Balaban J connectivity index is 2.75. The third-order valence-corrected chi connectivity index (χ3v) is 2.50. The second kappa shape index (κ2) is 3.81. The SMILES string of the molecule is Cc1c(CC(=O)O)oc(=O)c2ccccc12. The van der Waals surface area contributed by atoms with Crippen LogP contribution in [0.5, 0.6) is 0 Å². The number of fused-ring (bicyclic) bond motifs is 1. The van der Waals surface area contributed by atoms with Crippen LogP contribution in [0, 0.1) is 6.92 Å². The van der Waals surface area contributed by atoms with Crippen LogP contribution in [0.3, 0.4) is 0 Å². The van der Waals surface area contributed by atoms with Gasteiger partial charge in [0, 0.05) is 0 Å². The molecule has 1 N–H and O–H groups in total. The fraction of sp³-hybridized carbons (Fsp3) is 0.167. The highest BCUT2D eigenvalue weighted by atomic mass is 16.4. The summed E-state index contributed by atoms with van der Waals surface area (Å²) in [5, 5.41) is 9.92. The monoisotopic (exact) mass is 218 g/mol. The lowest BCUT2D eigenvalue weighted by Gasteiger charge is -2.05. The summed E-state index contributed by atoms with van der Waals surface area (Å²) in [6.07, 6.45) is -0.272. The van der Waals surface area contributed by atoms with Crippen LogP contribution < -0.4 is 5.63 Å². The van der Waals surface area contributed by atoms with E-state index in [0.717, 1.165) is 5.39 Å². The number of benzene rings is 1. The van der Waals surface area contributed by atoms with E-state index in [1.807, 2.05) is 0 Å². The van der Waals surface area contributed by atoms with Crippen LogP contribution in [-0.2, 0) is 11.2 Å². The van der Waals surface area contributed by atoms with E-state index < -0.39 is 11.6 Å². The van der Waals surface area contributed by atoms with Crippen molar-refractivity contribution in [3.05, 3.63) is 46.0 Å². The summed E-state index contributed by atoms with van der Waals surface area (Å²) in [6, 6.07) is 7.00. The Kier molecular flexibility index (Phi) is 2.48. The summed E-state index contributed by atoms with van der Waals surface area (Å²) in [6.45, 7) is 1.75. The van der Waals surface area contributed by atoms with Crippen molar-refractivity contribution in [3.63, 3.8) is 0 Å². The topological polar surface area (TPSA) is 67.5 Å². The van der Waals surface area contributed by atoms with E-state index in [4.69, 9.17) is 9.52 Å². The van der Waals surface area contributed by atoms with Gasteiger partial charge in [0.1, 0.15) is 12.2 Å². The zero-order valence-corrected chi connectivity index (χ0v) is 8.69. The lowest BCUT2D eigenvalue weighted by atomic mass is 10.1. The minimum Gasteiger partial charge on any atom is -0.481 e. The molecule has 4 nitrogen and oxygen atoms in total. The first-order valence-corrected chi connectivity index (χ1v) is 4.82. The van der Waals surface area contributed by atoms with Crippen LogP contribution in [0.1, 0.15) is 11.3 Å². The lowest BCUT2D eigenvalue weighted by molar-refractivity contribution is -0.136. The van der Waals surface area contributed by atoms with Crippen LogP contribution in [-0.4, -0.2) is 11.1 Å². The molecular formula is C12H10O4. The van der Waals surface area contributed by atoms with Crippen molar-refractivity contribution in [2.24, 2.45) is 0 Å². The summed E-state index contributed by atoms with van der Waals surface area (Å²) in [5.41, 5.74) is 0.218. The number of aliphatic carboxylic acids is 1. The molecule has 0 fully saturated rings. The molecule has 1 aromatic carbocycles.